The van der Waals surface area contributed by atoms with Crippen LogP contribution in [0.15, 0.2) is 0 Å². The first-order valence-electron chi connectivity index (χ1n) is 7.37. The van der Waals surface area contributed by atoms with Crippen LogP contribution in [0.5, 0.6) is 0 Å². The van der Waals surface area contributed by atoms with Crippen molar-refractivity contribution in [3.8, 4) is 0 Å². The van der Waals surface area contributed by atoms with Crippen LogP contribution in [0, 0.1) is 5.41 Å². The van der Waals surface area contributed by atoms with Crippen LogP contribution in [-0.2, 0) is 24.7 Å². The number of amides is 1. The summed E-state index contributed by atoms with van der Waals surface area (Å²) in [6.45, 7) is 4.84. The van der Waals surface area contributed by atoms with Crippen LogP contribution in [-0.4, -0.2) is 67.8 Å². The van der Waals surface area contributed by atoms with Crippen LogP contribution < -0.4 is 29.6 Å². The van der Waals surface area contributed by atoms with Crippen molar-refractivity contribution < 1.29 is 60.5 Å². The molecule has 0 aromatic heterocycles. The van der Waals surface area contributed by atoms with Crippen LogP contribution in [0.1, 0.15) is 33.6 Å². The summed E-state index contributed by atoms with van der Waals surface area (Å²) in [5.74, 6) is -0.331. The van der Waals surface area contributed by atoms with Crippen LogP contribution in [0.4, 0.5) is 4.79 Å². The molecule has 1 unspecified atom stereocenters. The Morgan fingerprint density at radius 2 is 1.75 bits per heavy atom. The van der Waals surface area contributed by atoms with E-state index in [4.69, 9.17) is 4.74 Å². The van der Waals surface area contributed by atoms with E-state index in [1.54, 1.807) is 20.8 Å². The van der Waals surface area contributed by atoms with E-state index in [9.17, 15) is 26.2 Å². The fourth-order valence-electron chi connectivity index (χ4n) is 3.23. The molecule has 24 heavy (non-hydrogen) atoms. The van der Waals surface area contributed by atoms with Crippen LogP contribution in [0.3, 0.4) is 0 Å². The number of likely N-dealkylation sites (tertiary alicyclic amines) is 1. The number of carbonyl (C=O) groups is 1. The molecule has 0 aromatic rings. The molecule has 2 fully saturated rings. The van der Waals surface area contributed by atoms with Crippen molar-refractivity contribution >= 4 is 26.0 Å². The van der Waals surface area contributed by atoms with Crippen molar-refractivity contribution in [2.45, 2.75) is 44.5 Å². The molecule has 2 saturated heterocycles. The molecule has 134 valence electrons. The molecular formula is C13H22NNaO7S2. The fourth-order valence-corrected chi connectivity index (χ4v) is 6.15. The smallest absolute Gasteiger partial charge is 0.748 e. The third-order valence-corrected chi connectivity index (χ3v) is 7.40. The second-order valence-corrected chi connectivity index (χ2v) is 11.2. The summed E-state index contributed by atoms with van der Waals surface area (Å²) in [5, 5.41) is -1.29. The molecule has 2 aliphatic heterocycles. The predicted octanol–water partition coefficient (Wildman–Crippen LogP) is -2.65. The zero-order valence-electron chi connectivity index (χ0n) is 14.4. The summed E-state index contributed by atoms with van der Waals surface area (Å²) in [5.41, 5.74) is -1.74. The Bertz CT molecular complexity index is 682. The molecule has 2 aliphatic rings. The first-order chi connectivity index (χ1) is 10.2. The van der Waals surface area contributed by atoms with Gasteiger partial charge in [-0.25, -0.2) is 21.6 Å². The number of carbonyl (C=O) groups excluding carboxylic acids is 1. The molecule has 1 spiro atoms. The quantitative estimate of drug-likeness (QED) is 0.354. The van der Waals surface area contributed by atoms with Gasteiger partial charge in [0.15, 0.2) is 0 Å². The number of nitrogens with zero attached hydrogens (tertiary/aromatic N) is 1. The van der Waals surface area contributed by atoms with E-state index >= 15 is 0 Å². The van der Waals surface area contributed by atoms with Gasteiger partial charge in [-0.3, -0.25) is 0 Å². The molecule has 11 heteroatoms. The number of rotatable bonds is 1. The Balaban J connectivity index is 0.00000288. The summed E-state index contributed by atoms with van der Waals surface area (Å²) in [4.78, 5) is 13.4. The zero-order chi connectivity index (χ0) is 17.7. The van der Waals surface area contributed by atoms with E-state index < -0.39 is 42.3 Å². The van der Waals surface area contributed by atoms with Gasteiger partial charge >= 0.3 is 35.7 Å². The Kier molecular flexibility index (Phi) is 6.50. The van der Waals surface area contributed by atoms with Crippen molar-refractivity contribution in [1.82, 2.24) is 4.90 Å². The first-order valence-corrected chi connectivity index (χ1v) is 10.7. The second-order valence-electron chi connectivity index (χ2n) is 7.36. The van der Waals surface area contributed by atoms with Gasteiger partial charge in [0.05, 0.1) is 26.9 Å². The van der Waals surface area contributed by atoms with Crippen LogP contribution in [0.25, 0.3) is 0 Å². The van der Waals surface area contributed by atoms with E-state index in [-0.39, 0.29) is 67.0 Å². The minimum absolute atomic E-state index is 0. The number of ether oxygens (including phenoxy) is 1. The second kappa shape index (κ2) is 7.03. The number of hydrogen-bond acceptors (Lipinski definition) is 7. The molecule has 0 radical (unpaired) electrons. The van der Waals surface area contributed by atoms with Crippen molar-refractivity contribution in [2.24, 2.45) is 5.41 Å². The monoisotopic (exact) mass is 391 g/mol. The summed E-state index contributed by atoms with van der Waals surface area (Å²) >= 11 is 0. The molecule has 2 heterocycles. The van der Waals surface area contributed by atoms with Gasteiger partial charge in [0, 0.05) is 18.5 Å². The van der Waals surface area contributed by atoms with Crippen molar-refractivity contribution in [2.75, 3.05) is 24.6 Å². The molecule has 0 bridgehead atoms. The van der Waals surface area contributed by atoms with Crippen LogP contribution in [0.2, 0.25) is 0 Å². The minimum Gasteiger partial charge on any atom is -0.748 e. The van der Waals surface area contributed by atoms with Crippen molar-refractivity contribution in [1.29, 1.82) is 0 Å². The maximum Gasteiger partial charge on any atom is 1.00 e. The van der Waals surface area contributed by atoms with Gasteiger partial charge in [0.1, 0.15) is 15.4 Å². The number of hydrogen-bond donors (Lipinski definition) is 0. The van der Waals surface area contributed by atoms with Gasteiger partial charge < -0.3 is 14.2 Å². The van der Waals surface area contributed by atoms with Gasteiger partial charge in [-0.2, -0.15) is 0 Å². The van der Waals surface area contributed by atoms with Crippen molar-refractivity contribution in [3.63, 3.8) is 0 Å². The molecule has 1 atom stereocenters. The Hall–Kier alpha value is 0.130. The van der Waals surface area contributed by atoms with Gasteiger partial charge in [0.2, 0.25) is 0 Å². The van der Waals surface area contributed by atoms with Crippen LogP contribution >= 0.6 is 0 Å². The molecule has 1 amide bonds. The average molecular weight is 391 g/mol. The maximum absolute atomic E-state index is 12.2. The molecule has 0 saturated carbocycles. The normalized spacial score (nSPS) is 26.0. The molecule has 8 nitrogen and oxygen atoms in total. The van der Waals surface area contributed by atoms with Crippen molar-refractivity contribution in [3.05, 3.63) is 0 Å². The largest absolute Gasteiger partial charge is 1.00 e. The summed E-state index contributed by atoms with van der Waals surface area (Å²) in [6, 6.07) is 0. The molecule has 0 aromatic carbocycles. The number of sulfone groups is 1. The summed E-state index contributed by atoms with van der Waals surface area (Å²) in [7, 11) is -7.87. The van der Waals surface area contributed by atoms with Gasteiger partial charge in [0.25, 0.3) is 0 Å². The summed E-state index contributed by atoms with van der Waals surface area (Å²) < 4.78 is 63.4. The molecular weight excluding hydrogens is 369 g/mol. The Morgan fingerprint density at radius 3 is 2.17 bits per heavy atom. The Labute approximate surface area is 165 Å². The first kappa shape index (κ1) is 22.2. The summed E-state index contributed by atoms with van der Waals surface area (Å²) in [6.07, 6.45) is -0.543. The van der Waals surface area contributed by atoms with Gasteiger partial charge in [-0.15, -0.1) is 0 Å². The van der Waals surface area contributed by atoms with E-state index in [0.29, 0.717) is 0 Å². The van der Waals surface area contributed by atoms with Gasteiger partial charge in [-0.05, 0) is 33.6 Å². The minimum atomic E-state index is -4.65. The third kappa shape index (κ3) is 5.07. The van der Waals surface area contributed by atoms with E-state index in [1.807, 2.05) is 0 Å². The third-order valence-electron chi connectivity index (χ3n) is 4.40. The molecule has 0 N–H and O–H groups in total. The standard InChI is InChI=1S/C13H23NO7S2.Na/c1-12(2,3)21-11(15)14-8-10(23(18,19)20)13(9-14)4-6-22(16,17)7-5-13;/h10H,4-9H2,1-3H3,(H,18,19,20);/q;+1/p-1. The SMILES string of the molecule is CC(C)(C)OC(=O)N1CC(S(=O)(=O)[O-])C2(CCS(=O)(=O)CC2)C1.[Na+]. The molecule has 2 rings (SSSR count). The van der Waals surface area contributed by atoms with E-state index in [0.717, 1.165) is 0 Å². The maximum atomic E-state index is 12.2. The fraction of sp³-hybridized carbons (Fsp3) is 0.923. The van der Waals surface area contributed by atoms with E-state index in [2.05, 4.69) is 0 Å². The average Bonchev–Trinajstić information content (AvgIpc) is 2.71. The van der Waals surface area contributed by atoms with E-state index in [1.165, 1.54) is 4.90 Å². The predicted molar refractivity (Wildman–Crippen MR) is 81.6 cm³/mol. The topological polar surface area (TPSA) is 121 Å². The zero-order valence-corrected chi connectivity index (χ0v) is 18.1. The molecule has 0 aliphatic carbocycles. The Morgan fingerprint density at radius 1 is 1.25 bits per heavy atom. The van der Waals surface area contributed by atoms with Gasteiger partial charge in [-0.1, -0.05) is 0 Å².